The molecule has 5 nitrogen and oxygen atoms in total. The Morgan fingerprint density at radius 2 is 2.14 bits per heavy atom. The van der Waals surface area contributed by atoms with Gasteiger partial charge in [0.05, 0.1) is 11.0 Å². The highest BCUT2D eigenvalue weighted by molar-refractivity contribution is 5.81. The van der Waals surface area contributed by atoms with E-state index in [1.54, 1.807) is 4.57 Å². The van der Waals surface area contributed by atoms with Crippen LogP contribution < -0.4 is 5.32 Å². The highest BCUT2D eigenvalue weighted by atomic mass is 16.3. The zero-order valence-electron chi connectivity index (χ0n) is 13.4. The van der Waals surface area contributed by atoms with Crippen LogP contribution >= 0.6 is 0 Å². The van der Waals surface area contributed by atoms with E-state index in [2.05, 4.69) is 17.2 Å². The molecular formula is C17H25N3O2. The fourth-order valence-electron chi connectivity index (χ4n) is 2.66. The molecule has 1 heterocycles. The van der Waals surface area contributed by atoms with Gasteiger partial charge < -0.3 is 15.0 Å². The lowest BCUT2D eigenvalue weighted by atomic mass is 10.1. The number of amides is 1. The summed E-state index contributed by atoms with van der Waals surface area (Å²) in [6.07, 6.45) is 4.51. The number of imidazole rings is 1. The molecule has 1 unspecified atom stereocenters. The molecule has 1 aromatic heterocycles. The number of para-hydroxylation sites is 2. The molecule has 2 rings (SSSR count). The van der Waals surface area contributed by atoms with Crippen molar-refractivity contribution in [3.8, 4) is 0 Å². The van der Waals surface area contributed by atoms with Crippen LogP contribution in [0.2, 0.25) is 0 Å². The van der Waals surface area contributed by atoms with E-state index in [0.29, 0.717) is 5.82 Å². The Bertz CT molecular complexity index is 621. The molecule has 1 amide bonds. The zero-order chi connectivity index (χ0) is 15.9. The number of hydrogen-bond donors (Lipinski definition) is 2. The van der Waals surface area contributed by atoms with E-state index in [1.165, 1.54) is 12.8 Å². The second-order valence-corrected chi connectivity index (χ2v) is 5.73. The van der Waals surface area contributed by atoms with Gasteiger partial charge in [-0.15, -0.1) is 0 Å². The molecule has 0 bridgehead atoms. The van der Waals surface area contributed by atoms with E-state index in [9.17, 15) is 9.90 Å². The first kappa shape index (κ1) is 16.5. The number of rotatable bonds is 8. The molecule has 1 atom stereocenters. The molecule has 0 saturated heterocycles. The first-order valence-corrected chi connectivity index (χ1v) is 8.00. The maximum atomic E-state index is 12.2. The van der Waals surface area contributed by atoms with E-state index in [-0.39, 0.29) is 25.1 Å². The van der Waals surface area contributed by atoms with Crippen molar-refractivity contribution in [1.29, 1.82) is 0 Å². The van der Waals surface area contributed by atoms with Gasteiger partial charge in [-0.25, -0.2) is 4.98 Å². The van der Waals surface area contributed by atoms with Crippen LogP contribution in [0, 0.1) is 0 Å². The Balaban J connectivity index is 2.02. The van der Waals surface area contributed by atoms with Crippen LogP contribution in [0.25, 0.3) is 11.0 Å². The fraction of sp³-hybridized carbons (Fsp3) is 0.529. The van der Waals surface area contributed by atoms with Crippen molar-refractivity contribution in [2.45, 2.75) is 58.7 Å². The van der Waals surface area contributed by atoms with Crippen LogP contribution in [0.4, 0.5) is 0 Å². The topological polar surface area (TPSA) is 67.2 Å². The number of carbonyl (C=O) groups excluding carboxylic acids is 1. The molecule has 0 aliphatic rings. The minimum atomic E-state index is -0.173. The maximum Gasteiger partial charge on any atom is 0.240 e. The molecule has 2 aromatic rings. The van der Waals surface area contributed by atoms with Crippen LogP contribution in [0.1, 0.15) is 45.4 Å². The third kappa shape index (κ3) is 4.07. The third-order valence-electron chi connectivity index (χ3n) is 3.82. The van der Waals surface area contributed by atoms with Crippen LogP contribution in [0.15, 0.2) is 24.3 Å². The molecule has 22 heavy (non-hydrogen) atoms. The summed E-state index contributed by atoms with van der Waals surface area (Å²) in [7, 11) is 0. The molecule has 1 aromatic carbocycles. The standard InChI is InChI=1S/C17H25N3O2/c1-3-4-5-8-13(2)18-17(22)11-20-15-10-7-6-9-14(15)19-16(20)12-21/h6-7,9-10,13,21H,3-5,8,11-12H2,1-2H3,(H,18,22). The predicted molar refractivity (Wildman–Crippen MR) is 87.4 cm³/mol. The van der Waals surface area contributed by atoms with Gasteiger partial charge in [0, 0.05) is 6.04 Å². The molecule has 120 valence electrons. The van der Waals surface area contributed by atoms with E-state index in [4.69, 9.17) is 0 Å². The minimum absolute atomic E-state index is 0.0400. The lowest BCUT2D eigenvalue weighted by molar-refractivity contribution is -0.122. The number of aliphatic hydroxyl groups excluding tert-OH is 1. The minimum Gasteiger partial charge on any atom is -0.388 e. The first-order valence-electron chi connectivity index (χ1n) is 8.00. The summed E-state index contributed by atoms with van der Waals surface area (Å²) in [5.41, 5.74) is 1.68. The van der Waals surface area contributed by atoms with Gasteiger partial charge in [-0.2, -0.15) is 0 Å². The Kier molecular flexibility index (Phi) is 5.95. The van der Waals surface area contributed by atoms with Crippen LogP contribution in [-0.4, -0.2) is 26.6 Å². The number of unbranched alkanes of at least 4 members (excludes halogenated alkanes) is 2. The second-order valence-electron chi connectivity index (χ2n) is 5.73. The van der Waals surface area contributed by atoms with Crippen molar-refractivity contribution in [1.82, 2.24) is 14.9 Å². The summed E-state index contributed by atoms with van der Waals surface area (Å²) in [6.45, 7) is 4.22. The zero-order valence-corrected chi connectivity index (χ0v) is 13.4. The van der Waals surface area contributed by atoms with E-state index < -0.39 is 0 Å². The summed E-state index contributed by atoms with van der Waals surface area (Å²) in [6, 6.07) is 7.78. The average Bonchev–Trinajstić information content (AvgIpc) is 2.85. The quantitative estimate of drug-likeness (QED) is 0.737. The van der Waals surface area contributed by atoms with Gasteiger partial charge in [-0.3, -0.25) is 4.79 Å². The van der Waals surface area contributed by atoms with Crippen LogP contribution in [0.3, 0.4) is 0 Å². The number of hydrogen-bond acceptors (Lipinski definition) is 3. The molecule has 0 saturated carbocycles. The Morgan fingerprint density at radius 1 is 1.36 bits per heavy atom. The number of aromatic nitrogens is 2. The molecule has 0 spiro atoms. The summed E-state index contributed by atoms with van der Waals surface area (Å²) >= 11 is 0. The average molecular weight is 303 g/mol. The summed E-state index contributed by atoms with van der Waals surface area (Å²) in [5.74, 6) is 0.483. The number of nitrogens with zero attached hydrogens (tertiary/aromatic N) is 2. The van der Waals surface area contributed by atoms with Gasteiger partial charge in [-0.05, 0) is 25.5 Å². The van der Waals surface area contributed by atoms with Gasteiger partial charge in [0.1, 0.15) is 19.0 Å². The number of carbonyl (C=O) groups is 1. The monoisotopic (exact) mass is 303 g/mol. The molecular weight excluding hydrogens is 278 g/mol. The lowest BCUT2D eigenvalue weighted by Crippen LogP contribution is -2.35. The van der Waals surface area contributed by atoms with Crippen molar-refractivity contribution in [2.75, 3.05) is 0 Å². The largest absolute Gasteiger partial charge is 0.388 e. The van der Waals surface area contributed by atoms with Crippen molar-refractivity contribution < 1.29 is 9.90 Å². The van der Waals surface area contributed by atoms with E-state index >= 15 is 0 Å². The van der Waals surface area contributed by atoms with Gasteiger partial charge in [0.2, 0.25) is 5.91 Å². The Hall–Kier alpha value is -1.88. The van der Waals surface area contributed by atoms with Crippen LogP contribution in [0.5, 0.6) is 0 Å². The van der Waals surface area contributed by atoms with Crippen molar-refractivity contribution in [3.05, 3.63) is 30.1 Å². The molecule has 5 heteroatoms. The molecule has 0 aliphatic carbocycles. The maximum absolute atomic E-state index is 12.2. The summed E-state index contributed by atoms with van der Waals surface area (Å²) in [4.78, 5) is 16.6. The molecule has 0 aliphatic heterocycles. The van der Waals surface area contributed by atoms with E-state index in [0.717, 1.165) is 23.9 Å². The van der Waals surface area contributed by atoms with E-state index in [1.807, 2.05) is 31.2 Å². The molecule has 2 N–H and O–H groups in total. The van der Waals surface area contributed by atoms with Crippen molar-refractivity contribution in [3.63, 3.8) is 0 Å². The van der Waals surface area contributed by atoms with Gasteiger partial charge in [0.15, 0.2) is 0 Å². The lowest BCUT2D eigenvalue weighted by Gasteiger charge is -2.15. The highest BCUT2D eigenvalue weighted by Crippen LogP contribution is 2.16. The highest BCUT2D eigenvalue weighted by Gasteiger charge is 2.14. The number of benzene rings is 1. The SMILES string of the molecule is CCCCCC(C)NC(=O)Cn1c(CO)nc2ccccc21. The van der Waals surface area contributed by atoms with Gasteiger partial charge in [0.25, 0.3) is 0 Å². The first-order chi connectivity index (χ1) is 10.7. The Labute approximate surface area is 131 Å². The summed E-state index contributed by atoms with van der Waals surface area (Å²) < 4.78 is 1.78. The van der Waals surface area contributed by atoms with Gasteiger partial charge >= 0.3 is 0 Å². The second kappa shape index (κ2) is 7.94. The smallest absolute Gasteiger partial charge is 0.240 e. The predicted octanol–water partition coefficient (Wildman–Crippen LogP) is 2.61. The fourth-order valence-corrected chi connectivity index (χ4v) is 2.66. The third-order valence-corrected chi connectivity index (χ3v) is 3.82. The number of aliphatic hydroxyl groups is 1. The number of nitrogens with one attached hydrogen (secondary N) is 1. The van der Waals surface area contributed by atoms with Gasteiger partial charge in [-0.1, -0.05) is 38.3 Å². The van der Waals surface area contributed by atoms with Crippen LogP contribution in [-0.2, 0) is 17.9 Å². The molecule has 0 radical (unpaired) electrons. The molecule has 0 fully saturated rings. The summed E-state index contributed by atoms with van der Waals surface area (Å²) in [5, 5.41) is 12.5. The number of fused-ring (bicyclic) bond motifs is 1. The Morgan fingerprint density at radius 3 is 2.86 bits per heavy atom. The van der Waals surface area contributed by atoms with Crippen molar-refractivity contribution >= 4 is 16.9 Å². The van der Waals surface area contributed by atoms with Crippen molar-refractivity contribution in [2.24, 2.45) is 0 Å². The normalized spacial score (nSPS) is 12.5.